The topological polar surface area (TPSA) is 18.5 Å². The average Bonchev–Trinajstić information content (AvgIpc) is 2.06. The molecule has 11 heavy (non-hydrogen) atoms. The second kappa shape index (κ2) is 4.06. The molecule has 1 rings (SSSR count). The van der Waals surface area contributed by atoms with Gasteiger partial charge in [-0.05, 0) is 25.5 Å². The van der Waals surface area contributed by atoms with Crippen molar-refractivity contribution in [3.8, 4) is 0 Å². The lowest BCUT2D eigenvalue weighted by Gasteiger charge is -2.20. The number of hydrogen-bond donors (Lipinski definition) is 0. The molecule has 0 unspecified atom stereocenters. The predicted octanol–water partition coefficient (Wildman–Crippen LogP) is 2.23. The van der Waals surface area contributed by atoms with Crippen molar-refractivity contribution in [3.05, 3.63) is 23.7 Å². The van der Waals surface area contributed by atoms with Crippen LogP contribution in [0.1, 0.15) is 20.3 Å². The first-order chi connectivity index (χ1) is 5.38. The van der Waals surface area contributed by atoms with Crippen LogP contribution in [0.25, 0.3) is 0 Å². The normalized spacial score (nSPS) is 24.9. The molecule has 0 aromatic rings. The molecular formula is C9H14O2. The molecule has 0 aliphatic carbocycles. The van der Waals surface area contributed by atoms with Gasteiger partial charge in [-0.15, -0.1) is 0 Å². The van der Waals surface area contributed by atoms with Gasteiger partial charge in [0.25, 0.3) is 0 Å². The third kappa shape index (κ3) is 2.00. The summed E-state index contributed by atoms with van der Waals surface area (Å²) in [5.41, 5.74) is 0. The van der Waals surface area contributed by atoms with E-state index in [1.54, 1.807) is 0 Å². The molecule has 1 aliphatic heterocycles. The molecule has 1 fully saturated rings. The summed E-state index contributed by atoms with van der Waals surface area (Å²) in [6, 6.07) is 0. The van der Waals surface area contributed by atoms with E-state index in [0.29, 0.717) is 13.2 Å². The van der Waals surface area contributed by atoms with Gasteiger partial charge in [0.05, 0.1) is 0 Å². The van der Waals surface area contributed by atoms with E-state index >= 15 is 0 Å². The number of allylic oxidation sites excluding steroid dienone is 2. The fourth-order valence-corrected chi connectivity index (χ4v) is 1.02. The highest BCUT2D eigenvalue weighted by molar-refractivity contribution is 5.20. The molecule has 62 valence electrons. The Morgan fingerprint density at radius 2 is 1.91 bits per heavy atom. The second-order valence-electron chi connectivity index (χ2n) is 2.33. The van der Waals surface area contributed by atoms with Crippen molar-refractivity contribution in [1.82, 2.24) is 0 Å². The third-order valence-corrected chi connectivity index (χ3v) is 1.49. The summed E-state index contributed by atoms with van der Waals surface area (Å²) < 4.78 is 10.7. The van der Waals surface area contributed by atoms with Crippen molar-refractivity contribution in [1.29, 1.82) is 0 Å². The molecular weight excluding hydrogens is 140 g/mol. The maximum Gasteiger partial charge on any atom is 0.157 e. The van der Waals surface area contributed by atoms with E-state index in [1.807, 2.05) is 19.1 Å². The molecule has 2 nitrogen and oxygen atoms in total. The lowest BCUT2D eigenvalue weighted by atomic mass is 10.3. The monoisotopic (exact) mass is 154 g/mol. The van der Waals surface area contributed by atoms with Crippen LogP contribution in [0.4, 0.5) is 0 Å². The van der Waals surface area contributed by atoms with Crippen LogP contribution in [0.15, 0.2) is 23.7 Å². The first kappa shape index (κ1) is 8.18. The van der Waals surface area contributed by atoms with Crippen molar-refractivity contribution >= 4 is 0 Å². The Labute approximate surface area is 67.5 Å². The van der Waals surface area contributed by atoms with Crippen LogP contribution in [0.2, 0.25) is 0 Å². The molecule has 1 saturated heterocycles. The van der Waals surface area contributed by atoms with Crippen LogP contribution in [-0.2, 0) is 9.47 Å². The summed E-state index contributed by atoms with van der Waals surface area (Å²) in [7, 11) is 0. The molecule has 0 aromatic heterocycles. The quantitative estimate of drug-likeness (QED) is 0.576. The molecule has 0 atom stereocenters. The highest BCUT2D eigenvalue weighted by Gasteiger charge is 2.11. The fraction of sp³-hybridized carbons (Fsp3) is 0.556. The standard InChI is InChI=1S/C9H14O2/c1-3-5-9-8(4-2)10-6-7-11-9/h4-5H,3,6-7H2,1-2H3/b8-4+,9-5+. The van der Waals surface area contributed by atoms with Gasteiger partial charge in [0, 0.05) is 0 Å². The summed E-state index contributed by atoms with van der Waals surface area (Å²) in [4.78, 5) is 0. The van der Waals surface area contributed by atoms with Crippen LogP contribution < -0.4 is 0 Å². The molecule has 0 bridgehead atoms. The van der Waals surface area contributed by atoms with Crippen molar-refractivity contribution in [2.45, 2.75) is 20.3 Å². The first-order valence-corrected chi connectivity index (χ1v) is 4.01. The lowest BCUT2D eigenvalue weighted by Crippen LogP contribution is -2.13. The van der Waals surface area contributed by atoms with Gasteiger partial charge < -0.3 is 9.47 Å². The van der Waals surface area contributed by atoms with E-state index in [1.165, 1.54) is 0 Å². The summed E-state index contributed by atoms with van der Waals surface area (Å²) in [6.07, 6.45) is 4.95. The molecule has 0 amide bonds. The molecule has 1 heterocycles. The lowest BCUT2D eigenvalue weighted by molar-refractivity contribution is 0.0588. The van der Waals surface area contributed by atoms with E-state index in [9.17, 15) is 0 Å². The summed E-state index contributed by atoms with van der Waals surface area (Å²) in [5.74, 6) is 1.76. The maximum atomic E-state index is 5.39. The first-order valence-electron chi connectivity index (χ1n) is 4.01. The van der Waals surface area contributed by atoms with Crippen LogP contribution >= 0.6 is 0 Å². The number of rotatable bonds is 1. The van der Waals surface area contributed by atoms with Crippen LogP contribution in [0.3, 0.4) is 0 Å². The van der Waals surface area contributed by atoms with Crippen molar-refractivity contribution < 1.29 is 9.47 Å². The van der Waals surface area contributed by atoms with Crippen molar-refractivity contribution in [2.24, 2.45) is 0 Å². The highest BCUT2D eigenvalue weighted by atomic mass is 16.6. The number of hydrogen-bond acceptors (Lipinski definition) is 2. The minimum atomic E-state index is 0.667. The summed E-state index contributed by atoms with van der Waals surface area (Å²) in [6.45, 7) is 5.37. The Kier molecular flexibility index (Phi) is 3.02. The smallest absolute Gasteiger partial charge is 0.157 e. The molecule has 2 heteroatoms. The zero-order valence-corrected chi connectivity index (χ0v) is 7.09. The van der Waals surface area contributed by atoms with Crippen LogP contribution in [0.5, 0.6) is 0 Å². The van der Waals surface area contributed by atoms with Gasteiger partial charge in [-0.2, -0.15) is 0 Å². The minimum Gasteiger partial charge on any atom is -0.487 e. The largest absolute Gasteiger partial charge is 0.487 e. The Morgan fingerprint density at radius 3 is 2.45 bits per heavy atom. The van der Waals surface area contributed by atoms with Gasteiger partial charge >= 0.3 is 0 Å². The Balaban J connectivity index is 2.67. The summed E-state index contributed by atoms with van der Waals surface area (Å²) >= 11 is 0. The van der Waals surface area contributed by atoms with E-state index in [4.69, 9.17) is 9.47 Å². The third-order valence-electron chi connectivity index (χ3n) is 1.49. The molecule has 0 N–H and O–H groups in total. The zero-order chi connectivity index (χ0) is 8.10. The van der Waals surface area contributed by atoms with Gasteiger partial charge in [0.15, 0.2) is 11.5 Å². The Bertz CT molecular complexity index is 180. The Hall–Kier alpha value is -0.920. The van der Waals surface area contributed by atoms with Gasteiger partial charge in [-0.1, -0.05) is 6.92 Å². The molecule has 0 saturated carbocycles. The van der Waals surface area contributed by atoms with Gasteiger partial charge in [-0.25, -0.2) is 0 Å². The predicted molar refractivity (Wildman–Crippen MR) is 44.0 cm³/mol. The van der Waals surface area contributed by atoms with Gasteiger partial charge in [-0.3, -0.25) is 0 Å². The minimum absolute atomic E-state index is 0.667. The maximum absolute atomic E-state index is 5.39. The fourth-order valence-electron chi connectivity index (χ4n) is 1.02. The molecule has 0 aromatic carbocycles. The van der Waals surface area contributed by atoms with Crippen LogP contribution in [-0.4, -0.2) is 13.2 Å². The average molecular weight is 154 g/mol. The Morgan fingerprint density at radius 1 is 1.27 bits per heavy atom. The SMILES string of the molecule is C/C=C1/OCCO/C1=C/CC. The zero-order valence-electron chi connectivity index (χ0n) is 7.09. The van der Waals surface area contributed by atoms with E-state index in [2.05, 4.69) is 6.92 Å². The van der Waals surface area contributed by atoms with Crippen molar-refractivity contribution in [2.75, 3.05) is 13.2 Å². The van der Waals surface area contributed by atoms with Crippen molar-refractivity contribution in [3.63, 3.8) is 0 Å². The molecule has 1 aliphatic rings. The van der Waals surface area contributed by atoms with Gasteiger partial charge in [0.1, 0.15) is 13.2 Å². The van der Waals surface area contributed by atoms with E-state index in [0.717, 1.165) is 17.9 Å². The summed E-state index contributed by atoms with van der Waals surface area (Å²) in [5, 5.41) is 0. The highest BCUT2D eigenvalue weighted by Crippen LogP contribution is 2.17. The van der Waals surface area contributed by atoms with E-state index < -0.39 is 0 Å². The van der Waals surface area contributed by atoms with E-state index in [-0.39, 0.29) is 0 Å². The molecule has 0 radical (unpaired) electrons. The van der Waals surface area contributed by atoms with Gasteiger partial charge in [0.2, 0.25) is 0 Å². The second-order valence-corrected chi connectivity index (χ2v) is 2.33. The molecule has 0 spiro atoms. The van der Waals surface area contributed by atoms with Crippen LogP contribution in [0, 0.1) is 0 Å². The number of ether oxygens (including phenoxy) is 2.